The van der Waals surface area contributed by atoms with E-state index in [1.165, 1.54) is 6.07 Å². The average Bonchev–Trinajstić information content (AvgIpc) is 2.71. The summed E-state index contributed by atoms with van der Waals surface area (Å²) in [5.74, 6) is -0.802. The molecule has 0 radical (unpaired) electrons. The number of aliphatic imine (C=N–C) groups is 1. The van der Waals surface area contributed by atoms with E-state index in [-0.39, 0.29) is 35.6 Å². The van der Waals surface area contributed by atoms with E-state index < -0.39 is 52.3 Å². The highest BCUT2D eigenvalue weighted by Gasteiger charge is 2.50. The second-order valence-electron chi connectivity index (χ2n) is 8.00. The molecule has 1 fully saturated rings. The molecule has 32 heavy (non-hydrogen) atoms. The fraction of sp³-hybridized carbons (Fsp3) is 0.261. The maximum Gasteiger partial charge on any atom is 0.255 e. The van der Waals surface area contributed by atoms with E-state index in [0.29, 0.717) is 17.5 Å². The molecule has 9 heteroatoms. The fourth-order valence-electron chi connectivity index (χ4n) is 4.92. The summed E-state index contributed by atoms with van der Waals surface area (Å²) in [4.78, 5) is 40.7. The average molecular weight is 433 g/mol. The number of benzene rings is 1. The van der Waals surface area contributed by atoms with Crippen LogP contribution >= 0.6 is 0 Å². The maximum atomic E-state index is 13.3. The van der Waals surface area contributed by atoms with Gasteiger partial charge in [-0.3, -0.25) is 19.8 Å². The molecule has 3 aliphatic rings. The summed E-state index contributed by atoms with van der Waals surface area (Å²) in [5.41, 5.74) is 5.68. The Bertz CT molecular complexity index is 1260. The number of aromatic hydroxyl groups is 1. The van der Waals surface area contributed by atoms with E-state index in [1.807, 2.05) is 0 Å². The minimum Gasteiger partial charge on any atom is -0.511 e. The van der Waals surface area contributed by atoms with E-state index in [9.17, 15) is 29.7 Å². The summed E-state index contributed by atoms with van der Waals surface area (Å²) in [5, 5.41) is 39.4. The number of carbonyl (C=O) groups is 3. The SMILES string of the molecule is C=NC(=N)C#Cc1ccc(O)c2c1C[C@H]1C[C@H]3CC(=O)C(C(N)=O)=C(O)C3C(=O)C1=C2O. The van der Waals surface area contributed by atoms with Crippen LogP contribution in [0, 0.1) is 35.0 Å². The molecule has 6 N–H and O–H groups in total. The highest BCUT2D eigenvalue weighted by atomic mass is 16.3. The predicted octanol–water partition coefficient (Wildman–Crippen LogP) is 1.34. The summed E-state index contributed by atoms with van der Waals surface area (Å²) in [7, 11) is 0. The van der Waals surface area contributed by atoms with Gasteiger partial charge >= 0.3 is 0 Å². The topological polar surface area (TPSA) is 174 Å². The Morgan fingerprint density at radius 1 is 1.22 bits per heavy atom. The van der Waals surface area contributed by atoms with Crippen molar-refractivity contribution in [3.8, 4) is 17.6 Å². The van der Waals surface area contributed by atoms with E-state index in [2.05, 4.69) is 23.6 Å². The lowest BCUT2D eigenvalue weighted by Gasteiger charge is -2.41. The van der Waals surface area contributed by atoms with Crippen LogP contribution in [0.3, 0.4) is 0 Å². The minimum atomic E-state index is -1.16. The number of phenols is 1. The maximum absolute atomic E-state index is 13.3. The molecule has 1 saturated carbocycles. The van der Waals surface area contributed by atoms with Crippen molar-refractivity contribution in [1.29, 1.82) is 5.41 Å². The fourth-order valence-corrected chi connectivity index (χ4v) is 4.92. The Hall–Kier alpha value is -4.19. The Morgan fingerprint density at radius 3 is 2.59 bits per heavy atom. The third-order valence-electron chi connectivity index (χ3n) is 6.25. The van der Waals surface area contributed by atoms with Gasteiger partial charge in [0, 0.05) is 17.6 Å². The zero-order chi connectivity index (χ0) is 23.3. The number of allylic oxidation sites excluding steroid dienone is 2. The molecule has 4 rings (SSSR count). The number of primary amides is 1. The van der Waals surface area contributed by atoms with Crippen LogP contribution < -0.4 is 5.73 Å². The van der Waals surface area contributed by atoms with Crippen molar-refractivity contribution >= 4 is 35.8 Å². The van der Waals surface area contributed by atoms with Crippen LogP contribution in [0.15, 0.2) is 34.0 Å². The lowest BCUT2D eigenvalue weighted by Crippen LogP contribution is -2.44. The van der Waals surface area contributed by atoms with E-state index in [0.717, 1.165) is 0 Å². The van der Waals surface area contributed by atoms with Crippen LogP contribution in [-0.4, -0.2) is 45.3 Å². The Morgan fingerprint density at radius 2 is 1.94 bits per heavy atom. The molecule has 3 atom stereocenters. The summed E-state index contributed by atoms with van der Waals surface area (Å²) in [6.45, 7) is 3.23. The number of aliphatic hydroxyl groups is 2. The zero-order valence-corrected chi connectivity index (χ0v) is 16.8. The Labute approximate surface area is 182 Å². The number of hydrogen-bond donors (Lipinski definition) is 5. The Balaban J connectivity index is 1.86. The number of Topliss-reactive ketones (excluding diaryl/α,β-unsaturated/α-hetero) is 2. The lowest BCUT2D eigenvalue weighted by atomic mass is 9.61. The first-order valence-corrected chi connectivity index (χ1v) is 9.81. The number of phenolic OH excluding ortho intramolecular Hbond substituents is 1. The number of fused-ring (bicyclic) bond motifs is 3. The largest absolute Gasteiger partial charge is 0.511 e. The van der Waals surface area contributed by atoms with Gasteiger partial charge in [0.2, 0.25) is 0 Å². The number of amides is 1. The first kappa shape index (κ1) is 21.1. The first-order valence-electron chi connectivity index (χ1n) is 9.81. The van der Waals surface area contributed by atoms with Gasteiger partial charge in [0.1, 0.15) is 22.8 Å². The van der Waals surface area contributed by atoms with Gasteiger partial charge in [0.15, 0.2) is 17.4 Å². The number of rotatable bonds is 1. The number of nitrogens with one attached hydrogen (secondary N) is 1. The van der Waals surface area contributed by atoms with Crippen LogP contribution in [0.2, 0.25) is 0 Å². The quantitative estimate of drug-likeness (QED) is 0.193. The van der Waals surface area contributed by atoms with Gasteiger partial charge in [-0.1, -0.05) is 5.92 Å². The number of carbonyl (C=O) groups excluding carboxylic acids is 3. The van der Waals surface area contributed by atoms with Crippen LogP contribution in [0.1, 0.15) is 29.5 Å². The first-order chi connectivity index (χ1) is 15.1. The molecule has 162 valence electrons. The number of nitrogens with zero attached hydrogens (tertiary/aromatic N) is 1. The number of hydrogen-bond acceptors (Lipinski definition) is 7. The van der Waals surface area contributed by atoms with Gasteiger partial charge in [-0.05, 0) is 55.0 Å². The molecule has 0 aromatic heterocycles. The second kappa shape index (κ2) is 7.50. The number of amidine groups is 1. The summed E-state index contributed by atoms with van der Waals surface area (Å²) in [6, 6.07) is 2.87. The monoisotopic (exact) mass is 433 g/mol. The predicted molar refractivity (Wildman–Crippen MR) is 114 cm³/mol. The third kappa shape index (κ3) is 3.08. The van der Waals surface area contributed by atoms with Gasteiger partial charge in [0.25, 0.3) is 5.91 Å². The summed E-state index contributed by atoms with van der Waals surface area (Å²) < 4.78 is 0. The van der Waals surface area contributed by atoms with Gasteiger partial charge in [-0.25, -0.2) is 4.99 Å². The molecular formula is C23H19N3O6. The molecule has 3 aliphatic carbocycles. The van der Waals surface area contributed by atoms with Crippen molar-refractivity contribution < 1.29 is 29.7 Å². The van der Waals surface area contributed by atoms with E-state index >= 15 is 0 Å². The van der Waals surface area contributed by atoms with Crippen LogP contribution in [0.5, 0.6) is 5.75 Å². The van der Waals surface area contributed by atoms with Gasteiger partial charge < -0.3 is 21.1 Å². The van der Waals surface area contributed by atoms with Crippen molar-refractivity contribution in [1.82, 2.24) is 0 Å². The van der Waals surface area contributed by atoms with Gasteiger partial charge in [-0.15, -0.1) is 0 Å². The molecule has 0 aliphatic heterocycles. The lowest BCUT2D eigenvalue weighted by molar-refractivity contribution is -0.127. The number of nitrogens with two attached hydrogens (primary N) is 1. The van der Waals surface area contributed by atoms with E-state index in [4.69, 9.17) is 11.1 Å². The highest BCUT2D eigenvalue weighted by molar-refractivity contribution is 6.21. The van der Waals surface area contributed by atoms with Crippen LogP contribution in [-0.2, 0) is 20.8 Å². The molecule has 9 nitrogen and oxygen atoms in total. The number of ketones is 2. The van der Waals surface area contributed by atoms with Gasteiger partial charge in [-0.2, -0.15) is 0 Å². The molecule has 1 unspecified atom stereocenters. The molecule has 1 aromatic carbocycles. The molecule has 0 heterocycles. The molecule has 0 saturated heterocycles. The van der Waals surface area contributed by atoms with Gasteiger partial charge in [0.05, 0.1) is 11.5 Å². The molecule has 1 amide bonds. The van der Waals surface area contributed by atoms with Crippen LogP contribution in [0.25, 0.3) is 5.76 Å². The molecule has 0 spiro atoms. The molecule has 0 bridgehead atoms. The normalized spacial score (nSPS) is 24.1. The van der Waals surface area contributed by atoms with Crippen molar-refractivity contribution in [3.63, 3.8) is 0 Å². The second-order valence-corrected chi connectivity index (χ2v) is 8.00. The van der Waals surface area contributed by atoms with Crippen molar-refractivity contribution in [3.05, 3.63) is 45.7 Å². The van der Waals surface area contributed by atoms with Crippen molar-refractivity contribution in [2.24, 2.45) is 28.5 Å². The third-order valence-corrected chi connectivity index (χ3v) is 6.25. The summed E-state index contributed by atoms with van der Waals surface area (Å²) >= 11 is 0. The van der Waals surface area contributed by atoms with Crippen molar-refractivity contribution in [2.75, 3.05) is 0 Å². The molecular weight excluding hydrogens is 414 g/mol. The summed E-state index contributed by atoms with van der Waals surface area (Å²) in [6.07, 6.45) is 0.424. The number of aliphatic hydroxyl groups excluding tert-OH is 2. The van der Waals surface area contributed by atoms with Crippen LogP contribution in [0.4, 0.5) is 0 Å². The Kier molecular flexibility index (Phi) is 4.93. The standard InChI is InChI=1S/C23H19N3O6/c1-26-15(24)5-3-9-2-4-13(27)18-12(9)7-10-6-11-8-14(28)19(23(25)32)22(31)17(11)20(29)16(10)21(18)30/h2,4,10-11,17,24,27,30-31H,1,6-8H2,(H2,25,32)/t10-,11+,17?/m1/s1. The zero-order valence-electron chi connectivity index (χ0n) is 16.8. The molecule has 1 aromatic rings. The highest BCUT2D eigenvalue weighted by Crippen LogP contribution is 2.50. The minimum absolute atomic E-state index is 0.0318. The van der Waals surface area contributed by atoms with E-state index in [1.54, 1.807) is 6.07 Å². The smallest absolute Gasteiger partial charge is 0.255 e. The van der Waals surface area contributed by atoms with Crippen molar-refractivity contribution in [2.45, 2.75) is 19.3 Å².